The van der Waals surface area contributed by atoms with Gasteiger partial charge in [-0.05, 0) is 36.6 Å². The van der Waals surface area contributed by atoms with Crippen LogP contribution in [0, 0.1) is 5.82 Å². The molecule has 0 saturated carbocycles. The zero-order valence-electron chi connectivity index (χ0n) is 15.7. The molecule has 0 N–H and O–H groups in total. The maximum atomic E-state index is 13.3. The second-order valence-electron chi connectivity index (χ2n) is 7.29. The Morgan fingerprint density at radius 1 is 1.14 bits per heavy atom. The number of piperidine rings is 1. The van der Waals surface area contributed by atoms with Gasteiger partial charge in [-0.1, -0.05) is 29.3 Å². The molecule has 0 unspecified atom stereocenters. The molecule has 1 aliphatic rings. The van der Waals surface area contributed by atoms with Crippen LogP contribution in [-0.2, 0) is 13.6 Å². The van der Waals surface area contributed by atoms with E-state index in [1.165, 1.54) is 21.4 Å². The number of benzene rings is 1. The quantitative estimate of drug-likeness (QED) is 0.590. The molecular weight excluding hydrogens is 418 g/mol. The maximum absolute atomic E-state index is 13.3. The van der Waals surface area contributed by atoms with Crippen LogP contribution in [0.25, 0.3) is 11.2 Å². The van der Waals surface area contributed by atoms with Crippen molar-refractivity contribution in [2.75, 3.05) is 13.1 Å². The lowest BCUT2D eigenvalue weighted by Gasteiger charge is -2.33. The van der Waals surface area contributed by atoms with Gasteiger partial charge in [-0.15, -0.1) is 0 Å². The molecule has 6 nitrogen and oxygen atoms in total. The van der Waals surface area contributed by atoms with Gasteiger partial charge in [0.05, 0.1) is 15.6 Å². The number of halogens is 3. The van der Waals surface area contributed by atoms with Gasteiger partial charge in [0.2, 0.25) is 0 Å². The largest absolute Gasteiger partial charge is 0.318 e. The average Bonchev–Trinajstić information content (AvgIpc) is 2.71. The van der Waals surface area contributed by atoms with Crippen LogP contribution in [0.3, 0.4) is 0 Å². The molecule has 152 valence electrons. The SMILES string of the molecule is Cn1c(=O)c(=O)n(C2CCN(Cc3ccc(F)c(Cl)c3)CC2)c2ncc(Cl)cc21. The first kappa shape index (κ1) is 20.1. The Labute approximate surface area is 176 Å². The molecule has 0 atom stereocenters. The van der Waals surface area contributed by atoms with E-state index in [0.717, 1.165) is 18.7 Å². The minimum atomic E-state index is -0.593. The van der Waals surface area contributed by atoms with Crippen LogP contribution in [0.4, 0.5) is 4.39 Å². The van der Waals surface area contributed by atoms with Crippen LogP contribution in [0.5, 0.6) is 0 Å². The maximum Gasteiger partial charge on any atom is 0.318 e. The summed E-state index contributed by atoms with van der Waals surface area (Å²) < 4.78 is 16.2. The van der Waals surface area contributed by atoms with E-state index >= 15 is 0 Å². The molecule has 1 aliphatic heterocycles. The second kappa shape index (κ2) is 7.89. The molecule has 3 aromatic rings. The van der Waals surface area contributed by atoms with Gasteiger partial charge in [-0.25, -0.2) is 9.37 Å². The Bertz CT molecular complexity index is 1200. The molecule has 29 heavy (non-hydrogen) atoms. The fourth-order valence-corrected chi connectivity index (χ4v) is 4.23. The predicted molar refractivity (Wildman–Crippen MR) is 111 cm³/mol. The van der Waals surface area contributed by atoms with Crippen LogP contribution in [0.2, 0.25) is 10.0 Å². The number of aryl methyl sites for hydroxylation is 1. The van der Waals surface area contributed by atoms with Crippen molar-refractivity contribution < 1.29 is 4.39 Å². The molecule has 9 heteroatoms. The standard InChI is InChI=1S/C20H19Cl2FN4O2/c1-25-17-9-13(21)10-24-18(17)27(20(29)19(25)28)14-4-6-26(7-5-14)11-12-2-3-16(23)15(22)8-12/h2-3,8-10,14H,4-7,11H2,1H3. The van der Waals surface area contributed by atoms with E-state index < -0.39 is 16.9 Å². The molecule has 2 aromatic heterocycles. The Morgan fingerprint density at radius 3 is 2.55 bits per heavy atom. The zero-order valence-corrected chi connectivity index (χ0v) is 17.3. The van der Waals surface area contributed by atoms with Gasteiger partial charge in [-0.3, -0.25) is 19.1 Å². The number of hydrogen-bond acceptors (Lipinski definition) is 4. The van der Waals surface area contributed by atoms with Crippen molar-refractivity contribution in [3.05, 3.63) is 72.6 Å². The van der Waals surface area contributed by atoms with Crippen LogP contribution < -0.4 is 11.1 Å². The zero-order chi connectivity index (χ0) is 20.7. The molecule has 0 amide bonds. The minimum Gasteiger partial charge on any atom is -0.304 e. The molecule has 1 saturated heterocycles. The van der Waals surface area contributed by atoms with Crippen molar-refractivity contribution in [1.82, 2.24) is 19.0 Å². The highest BCUT2D eigenvalue weighted by molar-refractivity contribution is 6.31. The van der Waals surface area contributed by atoms with Gasteiger partial charge < -0.3 is 4.57 Å². The normalized spacial score (nSPS) is 15.9. The van der Waals surface area contributed by atoms with Crippen LogP contribution in [0.15, 0.2) is 40.1 Å². The number of rotatable bonds is 3. The lowest BCUT2D eigenvalue weighted by Crippen LogP contribution is -2.45. The summed E-state index contributed by atoms with van der Waals surface area (Å²) in [5, 5.41) is 0.519. The molecule has 1 aromatic carbocycles. The van der Waals surface area contributed by atoms with Crippen molar-refractivity contribution in [1.29, 1.82) is 0 Å². The molecule has 0 radical (unpaired) electrons. The Hall–Kier alpha value is -2.22. The lowest BCUT2D eigenvalue weighted by molar-refractivity contribution is 0.179. The summed E-state index contributed by atoms with van der Waals surface area (Å²) in [6, 6.07) is 6.25. The van der Waals surface area contributed by atoms with Gasteiger partial charge in [-0.2, -0.15) is 0 Å². The van der Waals surface area contributed by atoms with Gasteiger partial charge in [0.25, 0.3) is 0 Å². The smallest absolute Gasteiger partial charge is 0.304 e. The highest BCUT2D eigenvalue weighted by Gasteiger charge is 2.25. The fourth-order valence-electron chi connectivity index (χ4n) is 3.88. The van der Waals surface area contributed by atoms with Crippen LogP contribution in [0.1, 0.15) is 24.4 Å². The predicted octanol–water partition coefficient (Wildman–Crippen LogP) is 3.38. The molecule has 1 fully saturated rings. The molecular formula is C20H19Cl2FN4O2. The summed E-state index contributed by atoms with van der Waals surface area (Å²) in [5.74, 6) is -0.432. The molecule has 4 rings (SSSR count). The van der Waals surface area contributed by atoms with Crippen molar-refractivity contribution in [2.24, 2.45) is 7.05 Å². The van der Waals surface area contributed by atoms with E-state index in [9.17, 15) is 14.0 Å². The topological polar surface area (TPSA) is 60.1 Å². The molecule has 0 aliphatic carbocycles. The first-order valence-electron chi connectivity index (χ1n) is 9.28. The summed E-state index contributed by atoms with van der Waals surface area (Å²) in [6.45, 7) is 2.11. The molecule has 0 bridgehead atoms. The van der Waals surface area contributed by atoms with Crippen LogP contribution in [-0.4, -0.2) is 32.1 Å². The van der Waals surface area contributed by atoms with Gasteiger partial charge in [0.1, 0.15) is 5.82 Å². The van der Waals surface area contributed by atoms with Crippen molar-refractivity contribution >= 4 is 34.4 Å². The first-order chi connectivity index (χ1) is 13.8. The number of aromatic nitrogens is 3. The highest BCUT2D eigenvalue weighted by atomic mass is 35.5. The van der Waals surface area contributed by atoms with Crippen molar-refractivity contribution in [2.45, 2.75) is 25.4 Å². The summed E-state index contributed by atoms with van der Waals surface area (Å²) in [5.41, 5.74) is 0.765. The summed E-state index contributed by atoms with van der Waals surface area (Å²) >= 11 is 11.9. The van der Waals surface area contributed by atoms with E-state index in [4.69, 9.17) is 23.2 Å². The third-order valence-corrected chi connectivity index (χ3v) is 5.92. The van der Waals surface area contributed by atoms with E-state index in [1.54, 1.807) is 25.2 Å². The third-order valence-electron chi connectivity index (χ3n) is 5.42. The third kappa shape index (κ3) is 3.82. The Balaban J connectivity index is 1.59. The number of pyridine rings is 1. The van der Waals surface area contributed by atoms with Crippen molar-refractivity contribution in [3.8, 4) is 0 Å². The van der Waals surface area contributed by atoms with Crippen molar-refractivity contribution in [3.63, 3.8) is 0 Å². The number of nitrogens with zero attached hydrogens (tertiary/aromatic N) is 4. The Kier molecular flexibility index (Phi) is 5.46. The van der Waals surface area contributed by atoms with Gasteiger partial charge >= 0.3 is 11.1 Å². The average molecular weight is 437 g/mol. The molecule has 0 spiro atoms. The minimum absolute atomic E-state index is 0.111. The number of likely N-dealkylation sites (tertiary alicyclic amines) is 1. The highest BCUT2D eigenvalue weighted by Crippen LogP contribution is 2.26. The van der Waals surface area contributed by atoms with E-state index in [2.05, 4.69) is 9.88 Å². The van der Waals surface area contributed by atoms with Gasteiger partial charge in [0.15, 0.2) is 5.65 Å². The van der Waals surface area contributed by atoms with E-state index in [1.807, 2.05) is 0 Å². The fraction of sp³-hybridized carbons (Fsp3) is 0.350. The number of fused-ring (bicyclic) bond motifs is 1. The summed E-state index contributed by atoms with van der Waals surface area (Å²) in [4.78, 5) is 31.7. The molecule has 3 heterocycles. The van der Waals surface area contributed by atoms with Crippen LogP contribution >= 0.6 is 23.2 Å². The first-order valence-corrected chi connectivity index (χ1v) is 10.0. The Morgan fingerprint density at radius 2 is 1.86 bits per heavy atom. The monoisotopic (exact) mass is 436 g/mol. The van der Waals surface area contributed by atoms with E-state index in [-0.39, 0.29) is 11.1 Å². The van der Waals surface area contributed by atoms with E-state index in [0.29, 0.717) is 35.6 Å². The summed E-state index contributed by atoms with van der Waals surface area (Å²) in [7, 11) is 1.55. The van der Waals surface area contributed by atoms with Gasteiger partial charge in [0, 0.05) is 38.9 Å². The summed E-state index contributed by atoms with van der Waals surface area (Å²) in [6.07, 6.45) is 2.88. The number of hydrogen-bond donors (Lipinski definition) is 0. The lowest BCUT2D eigenvalue weighted by atomic mass is 10.0. The second-order valence-corrected chi connectivity index (χ2v) is 8.14.